The molecule has 0 bridgehead atoms. The molecule has 1 N–H and O–H groups in total. The molecule has 1 saturated heterocycles. The number of nitro groups is 1. The van der Waals surface area contributed by atoms with Crippen LogP contribution in [0.5, 0.6) is 0 Å². The number of hydrogen-bond acceptors (Lipinski definition) is 7. The normalized spacial score (nSPS) is 22.7. The number of carbonyl (C=O) groups is 2. The molecule has 8 nitrogen and oxygen atoms in total. The fourth-order valence-electron chi connectivity index (χ4n) is 2.78. The van der Waals surface area contributed by atoms with Gasteiger partial charge in [0.2, 0.25) is 0 Å². The number of nitro benzene ring substituents is 1. The maximum absolute atomic E-state index is 12.6. The molecule has 2 atom stereocenters. The van der Waals surface area contributed by atoms with Gasteiger partial charge in [0.25, 0.3) is 11.6 Å². The van der Waals surface area contributed by atoms with Crippen molar-refractivity contribution in [2.75, 3.05) is 12.4 Å². The number of fused-ring (bicyclic) bond motifs is 1. The van der Waals surface area contributed by atoms with Gasteiger partial charge >= 0.3 is 5.97 Å². The van der Waals surface area contributed by atoms with Crippen molar-refractivity contribution in [1.82, 2.24) is 4.90 Å². The summed E-state index contributed by atoms with van der Waals surface area (Å²) in [7, 11) is 0. The van der Waals surface area contributed by atoms with Gasteiger partial charge in [0.1, 0.15) is 17.2 Å². The van der Waals surface area contributed by atoms with Gasteiger partial charge in [-0.05, 0) is 24.6 Å². The molecule has 2 aliphatic heterocycles. The first-order valence-corrected chi connectivity index (χ1v) is 8.29. The van der Waals surface area contributed by atoms with E-state index in [1.54, 1.807) is 19.1 Å². The Morgan fingerprint density at radius 1 is 1.46 bits per heavy atom. The van der Waals surface area contributed by atoms with Crippen LogP contribution in [-0.2, 0) is 14.3 Å². The zero-order valence-corrected chi connectivity index (χ0v) is 13.5. The Kier molecular flexibility index (Phi) is 4.18. The molecule has 9 heteroatoms. The van der Waals surface area contributed by atoms with E-state index >= 15 is 0 Å². The van der Waals surface area contributed by atoms with Crippen molar-refractivity contribution in [2.24, 2.45) is 0 Å². The van der Waals surface area contributed by atoms with Gasteiger partial charge in [0.15, 0.2) is 5.57 Å². The van der Waals surface area contributed by atoms with Crippen LogP contribution in [0.15, 0.2) is 35.6 Å². The minimum Gasteiger partial charge on any atom is -0.509 e. The van der Waals surface area contributed by atoms with Crippen LogP contribution in [0.4, 0.5) is 5.69 Å². The van der Waals surface area contributed by atoms with Crippen LogP contribution in [0.1, 0.15) is 17.9 Å². The van der Waals surface area contributed by atoms with E-state index in [0.717, 1.165) is 0 Å². The highest BCUT2D eigenvalue weighted by Crippen LogP contribution is 2.47. The molecule has 0 saturated carbocycles. The van der Waals surface area contributed by atoms with E-state index in [1.165, 1.54) is 28.8 Å². The highest BCUT2D eigenvalue weighted by Gasteiger charge is 2.50. The lowest BCUT2D eigenvalue weighted by molar-refractivity contribution is -0.384. The Hall–Kier alpha value is -2.55. The number of nitrogens with zero attached hydrogens (tertiary/aromatic N) is 2. The molecule has 0 aromatic heterocycles. The highest BCUT2D eigenvalue weighted by atomic mass is 32.2. The minimum atomic E-state index is -0.832. The quantitative estimate of drug-likeness (QED) is 0.382. The largest absolute Gasteiger partial charge is 0.509 e. The molecule has 1 aromatic carbocycles. The Morgan fingerprint density at radius 2 is 2.12 bits per heavy atom. The molecule has 24 heavy (non-hydrogen) atoms. The van der Waals surface area contributed by atoms with Crippen LogP contribution in [0.2, 0.25) is 0 Å². The standard InChI is InChI=1S/C15H14N2O6S/c1-2-23-15(20)11-12(18)10-7-24-14(16(10)13(11)19)8-3-5-9(6-4-8)17(21)22/h3-6,10,14,18H,2,7H2,1H3/t10-,14-/m0/s1. The second-order valence-electron chi connectivity index (χ2n) is 5.24. The summed E-state index contributed by atoms with van der Waals surface area (Å²) in [6, 6.07) is 5.30. The molecule has 3 rings (SSSR count). The number of thioether (sulfide) groups is 1. The SMILES string of the molecule is CCOC(=O)C1=C(O)[C@@H]2CS[C@@H](c3ccc([N+](=O)[O-])cc3)N2C1=O. The number of non-ortho nitro benzene ring substituents is 1. The summed E-state index contributed by atoms with van der Waals surface area (Å²) >= 11 is 1.43. The lowest BCUT2D eigenvalue weighted by Gasteiger charge is -2.23. The summed E-state index contributed by atoms with van der Waals surface area (Å²) in [5, 5.41) is 20.5. The monoisotopic (exact) mass is 350 g/mol. The maximum Gasteiger partial charge on any atom is 0.347 e. The molecular weight excluding hydrogens is 336 g/mol. The zero-order valence-electron chi connectivity index (χ0n) is 12.7. The Balaban J connectivity index is 1.87. The molecule has 2 aliphatic rings. The fraction of sp³-hybridized carbons (Fsp3) is 0.333. The van der Waals surface area contributed by atoms with E-state index in [-0.39, 0.29) is 23.6 Å². The van der Waals surface area contributed by atoms with E-state index < -0.39 is 28.2 Å². The van der Waals surface area contributed by atoms with Gasteiger partial charge in [-0.2, -0.15) is 0 Å². The summed E-state index contributed by atoms with van der Waals surface area (Å²) < 4.78 is 4.83. The number of benzene rings is 1. The van der Waals surface area contributed by atoms with Crippen molar-refractivity contribution < 1.29 is 24.4 Å². The van der Waals surface area contributed by atoms with Gasteiger partial charge in [-0.3, -0.25) is 14.9 Å². The summed E-state index contributed by atoms with van der Waals surface area (Å²) in [4.78, 5) is 36.1. The predicted octanol–water partition coefficient (Wildman–Crippen LogP) is 1.93. The van der Waals surface area contributed by atoms with Crippen molar-refractivity contribution in [3.63, 3.8) is 0 Å². The van der Waals surface area contributed by atoms with Crippen molar-refractivity contribution in [3.05, 3.63) is 51.3 Å². The van der Waals surface area contributed by atoms with E-state index in [1.807, 2.05) is 0 Å². The minimum absolute atomic E-state index is 0.0424. The highest BCUT2D eigenvalue weighted by molar-refractivity contribution is 7.99. The number of aliphatic hydroxyl groups excluding tert-OH is 1. The molecule has 1 fully saturated rings. The summed E-state index contributed by atoms with van der Waals surface area (Å²) in [6.07, 6.45) is 0. The first-order chi connectivity index (χ1) is 11.5. The van der Waals surface area contributed by atoms with E-state index in [2.05, 4.69) is 0 Å². The van der Waals surface area contributed by atoms with E-state index in [4.69, 9.17) is 4.74 Å². The number of aliphatic hydroxyl groups is 1. The average Bonchev–Trinajstić information content (AvgIpc) is 3.09. The Labute approximate surface area is 141 Å². The van der Waals surface area contributed by atoms with Gasteiger partial charge in [0, 0.05) is 17.9 Å². The molecule has 0 unspecified atom stereocenters. The second-order valence-corrected chi connectivity index (χ2v) is 6.36. The third-order valence-corrected chi connectivity index (χ3v) is 5.21. The number of carbonyl (C=O) groups excluding carboxylic acids is 2. The molecule has 0 radical (unpaired) electrons. The van der Waals surface area contributed by atoms with Crippen LogP contribution in [-0.4, -0.2) is 45.2 Å². The van der Waals surface area contributed by atoms with Gasteiger partial charge in [0.05, 0.1) is 11.5 Å². The zero-order chi connectivity index (χ0) is 17.4. The number of esters is 1. The maximum atomic E-state index is 12.6. The van der Waals surface area contributed by atoms with E-state index in [0.29, 0.717) is 11.3 Å². The molecule has 0 aliphatic carbocycles. The topological polar surface area (TPSA) is 110 Å². The van der Waals surface area contributed by atoms with Crippen LogP contribution >= 0.6 is 11.8 Å². The van der Waals surface area contributed by atoms with Gasteiger partial charge < -0.3 is 14.7 Å². The lowest BCUT2D eigenvalue weighted by atomic mass is 10.2. The van der Waals surface area contributed by atoms with Crippen molar-refractivity contribution in [2.45, 2.75) is 18.3 Å². The van der Waals surface area contributed by atoms with Gasteiger partial charge in [-0.15, -0.1) is 11.8 Å². The first-order valence-electron chi connectivity index (χ1n) is 7.24. The molecule has 0 spiro atoms. The fourth-order valence-corrected chi connectivity index (χ4v) is 4.22. The summed E-state index contributed by atoms with van der Waals surface area (Å²) in [5.74, 6) is -1.25. The smallest absolute Gasteiger partial charge is 0.347 e. The van der Waals surface area contributed by atoms with Crippen LogP contribution in [0, 0.1) is 10.1 Å². The van der Waals surface area contributed by atoms with Crippen LogP contribution < -0.4 is 0 Å². The van der Waals surface area contributed by atoms with Crippen LogP contribution in [0.25, 0.3) is 0 Å². The third kappa shape index (κ3) is 2.50. The average molecular weight is 350 g/mol. The molecule has 1 aromatic rings. The van der Waals surface area contributed by atoms with Crippen molar-refractivity contribution in [1.29, 1.82) is 0 Å². The lowest BCUT2D eigenvalue weighted by Crippen LogP contribution is -2.34. The molecule has 1 amide bonds. The third-order valence-electron chi connectivity index (χ3n) is 3.89. The van der Waals surface area contributed by atoms with E-state index in [9.17, 15) is 24.8 Å². The predicted molar refractivity (Wildman–Crippen MR) is 85.2 cm³/mol. The summed E-state index contributed by atoms with van der Waals surface area (Å²) in [6.45, 7) is 1.72. The summed E-state index contributed by atoms with van der Waals surface area (Å²) in [5.41, 5.74) is 0.327. The Bertz CT molecular complexity index is 745. The number of ether oxygens (including phenoxy) is 1. The number of amides is 1. The van der Waals surface area contributed by atoms with Crippen LogP contribution in [0.3, 0.4) is 0 Å². The second kappa shape index (κ2) is 6.16. The number of rotatable bonds is 4. The molecular formula is C15H14N2O6S. The van der Waals surface area contributed by atoms with Crippen molar-refractivity contribution >= 4 is 29.3 Å². The number of hydrogen-bond donors (Lipinski definition) is 1. The first kappa shape index (κ1) is 16.3. The Morgan fingerprint density at radius 3 is 2.71 bits per heavy atom. The molecule has 126 valence electrons. The van der Waals surface area contributed by atoms with Gasteiger partial charge in [-0.1, -0.05) is 0 Å². The van der Waals surface area contributed by atoms with Gasteiger partial charge in [-0.25, -0.2) is 4.79 Å². The van der Waals surface area contributed by atoms with Crippen molar-refractivity contribution in [3.8, 4) is 0 Å². The molecule has 2 heterocycles.